The molecule has 0 saturated carbocycles. The van der Waals surface area contributed by atoms with E-state index in [4.69, 9.17) is 14.0 Å². The molecule has 0 unspecified atom stereocenters. The average Bonchev–Trinajstić information content (AvgIpc) is 2.83. The van der Waals surface area contributed by atoms with E-state index in [0.29, 0.717) is 23.1 Å². The molecule has 0 N–H and O–H groups in total. The Morgan fingerprint density at radius 3 is 2.33 bits per heavy atom. The van der Waals surface area contributed by atoms with Gasteiger partial charge in [-0.05, 0) is 51.4 Å². The summed E-state index contributed by atoms with van der Waals surface area (Å²) in [4.78, 5) is 21.9. The lowest BCUT2D eigenvalue weighted by atomic mass is 9.78. The number of nitro groups is 1. The van der Waals surface area contributed by atoms with Crippen LogP contribution in [0.4, 0.5) is 5.69 Å². The highest BCUT2D eigenvalue weighted by Crippen LogP contribution is 2.37. The summed E-state index contributed by atoms with van der Waals surface area (Å²) in [5.74, 6) is 0.571. The Bertz CT molecular complexity index is 880. The first-order valence-corrected chi connectivity index (χ1v) is 8.50. The highest BCUT2D eigenvalue weighted by molar-refractivity contribution is 6.62. The fraction of sp³-hybridized carbons (Fsp3) is 0.316. The zero-order chi connectivity index (χ0) is 19.8. The number of nitrogens with zero attached hydrogens (tertiary/aromatic N) is 1. The molecule has 0 spiro atoms. The van der Waals surface area contributed by atoms with Crippen LogP contribution < -0.4 is 10.2 Å². The predicted molar refractivity (Wildman–Crippen MR) is 101 cm³/mol. The maximum Gasteiger partial charge on any atom is 0.494 e. The Morgan fingerprint density at radius 2 is 1.74 bits per heavy atom. The number of rotatable bonds is 5. The van der Waals surface area contributed by atoms with Gasteiger partial charge in [-0.25, -0.2) is 0 Å². The molecular weight excluding hydrogens is 349 g/mol. The number of benzene rings is 2. The quantitative estimate of drug-likeness (QED) is 0.347. The molecule has 0 amide bonds. The molecule has 0 aromatic heterocycles. The molecule has 2 aromatic rings. The Kier molecular flexibility index (Phi) is 4.80. The van der Waals surface area contributed by atoms with Gasteiger partial charge in [0.15, 0.2) is 6.29 Å². The lowest BCUT2D eigenvalue weighted by molar-refractivity contribution is -0.384. The summed E-state index contributed by atoms with van der Waals surface area (Å²) < 4.78 is 17.7. The van der Waals surface area contributed by atoms with E-state index in [1.165, 1.54) is 18.2 Å². The van der Waals surface area contributed by atoms with Gasteiger partial charge in [0, 0.05) is 6.07 Å². The van der Waals surface area contributed by atoms with Crippen LogP contribution in [-0.2, 0) is 9.31 Å². The van der Waals surface area contributed by atoms with E-state index in [2.05, 4.69) is 0 Å². The van der Waals surface area contributed by atoms with Crippen LogP contribution in [0.3, 0.4) is 0 Å². The maximum atomic E-state index is 11.5. The van der Waals surface area contributed by atoms with Crippen LogP contribution >= 0.6 is 0 Å². The third-order valence-corrected chi connectivity index (χ3v) is 4.94. The number of aldehydes is 1. The van der Waals surface area contributed by atoms with E-state index >= 15 is 0 Å². The van der Waals surface area contributed by atoms with Gasteiger partial charge >= 0.3 is 7.12 Å². The number of carbonyl (C=O) groups is 1. The van der Waals surface area contributed by atoms with Crippen molar-refractivity contribution in [2.75, 3.05) is 0 Å². The van der Waals surface area contributed by atoms with Gasteiger partial charge in [0.05, 0.1) is 27.8 Å². The second kappa shape index (κ2) is 6.79. The van der Waals surface area contributed by atoms with Crippen molar-refractivity contribution in [2.24, 2.45) is 0 Å². The summed E-state index contributed by atoms with van der Waals surface area (Å²) in [5, 5.41) is 10.9. The van der Waals surface area contributed by atoms with Crippen molar-refractivity contribution in [1.82, 2.24) is 0 Å². The van der Waals surface area contributed by atoms with Crippen molar-refractivity contribution in [2.45, 2.75) is 38.9 Å². The van der Waals surface area contributed by atoms with Crippen molar-refractivity contribution in [3.63, 3.8) is 0 Å². The van der Waals surface area contributed by atoms with E-state index < -0.39 is 23.2 Å². The summed E-state index contributed by atoms with van der Waals surface area (Å²) >= 11 is 0. The smallest absolute Gasteiger partial charge is 0.456 e. The van der Waals surface area contributed by atoms with Gasteiger partial charge < -0.3 is 14.0 Å². The van der Waals surface area contributed by atoms with Crippen LogP contribution in [0.5, 0.6) is 11.5 Å². The number of nitro benzene ring substituents is 1. The Morgan fingerprint density at radius 1 is 1.07 bits per heavy atom. The normalized spacial score (nSPS) is 17.6. The molecule has 1 aliphatic heterocycles. The van der Waals surface area contributed by atoms with Crippen LogP contribution in [0.1, 0.15) is 38.1 Å². The Hall–Kier alpha value is -2.71. The molecule has 3 rings (SSSR count). The molecule has 140 valence electrons. The van der Waals surface area contributed by atoms with Crippen molar-refractivity contribution >= 4 is 24.6 Å². The zero-order valence-corrected chi connectivity index (χ0v) is 15.6. The Labute approximate surface area is 157 Å². The first-order valence-electron chi connectivity index (χ1n) is 8.50. The molecular formula is C19H20BNO6. The zero-order valence-electron chi connectivity index (χ0n) is 15.6. The van der Waals surface area contributed by atoms with E-state index in [1.807, 2.05) is 27.7 Å². The van der Waals surface area contributed by atoms with Crippen molar-refractivity contribution in [1.29, 1.82) is 0 Å². The fourth-order valence-electron chi connectivity index (χ4n) is 2.67. The molecule has 1 heterocycles. The van der Waals surface area contributed by atoms with Gasteiger partial charge in [-0.2, -0.15) is 0 Å². The van der Waals surface area contributed by atoms with Crippen molar-refractivity contribution in [3.8, 4) is 11.5 Å². The molecule has 1 saturated heterocycles. The van der Waals surface area contributed by atoms with Crippen LogP contribution in [0.15, 0.2) is 42.5 Å². The topological polar surface area (TPSA) is 87.9 Å². The summed E-state index contributed by atoms with van der Waals surface area (Å²) in [6.07, 6.45) is 0.668. The number of non-ortho nitro benzene ring substituents is 1. The third-order valence-electron chi connectivity index (χ3n) is 4.94. The van der Waals surface area contributed by atoms with E-state index in [-0.39, 0.29) is 11.4 Å². The summed E-state index contributed by atoms with van der Waals surface area (Å²) in [6, 6.07) is 10.8. The Balaban J connectivity index is 1.87. The van der Waals surface area contributed by atoms with E-state index in [9.17, 15) is 14.9 Å². The largest absolute Gasteiger partial charge is 0.494 e. The third kappa shape index (κ3) is 3.72. The number of hydrogen-bond donors (Lipinski definition) is 0. The minimum absolute atomic E-state index is 0.0889. The second-order valence-corrected chi connectivity index (χ2v) is 7.36. The highest BCUT2D eigenvalue weighted by Gasteiger charge is 2.51. The van der Waals surface area contributed by atoms with Crippen LogP contribution in [0.25, 0.3) is 0 Å². The minimum Gasteiger partial charge on any atom is -0.456 e. The lowest BCUT2D eigenvalue weighted by Gasteiger charge is -2.32. The van der Waals surface area contributed by atoms with Gasteiger partial charge in [0.25, 0.3) is 5.69 Å². The minimum atomic E-state index is -0.597. The van der Waals surface area contributed by atoms with Crippen molar-refractivity contribution in [3.05, 3.63) is 58.1 Å². The standard InChI is InChI=1S/C19H20BNO6/c1-18(2)19(3,4)27-20(26-18)14-8-9-17(13(10-14)12-22)25-16-7-5-6-15(11-16)21(23)24/h5-12H,1-4H3. The number of carbonyl (C=O) groups excluding carboxylic acids is 1. The van der Waals surface area contributed by atoms with Crippen LogP contribution in [-0.4, -0.2) is 29.5 Å². The molecule has 2 aromatic carbocycles. The SMILES string of the molecule is CC1(C)OB(c2ccc(Oc3cccc([N+](=O)[O-])c3)c(C=O)c2)OC1(C)C. The molecule has 1 fully saturated rings. The maximum absolute atomic E-state index is 11.5. The van der Waals surface area contributed by atoms with Crippen LogP contribution in [0, 0.1) is 10.1 Å². The van der Waals surface area contributed by atoms with Crippen LogP contribution in [0.2, 0.25) is 0 Å². The highest BCUT2D eigenvalue weighted by atomic mass is 16.7. The van der Waals surface area contributed by atoms with Gasteiger partial charge in [-0.15, -0.1) is 0 Å². The lowest BCUT2D eigenvalue weighted by Crippen LogP contribution is -2.41. The fourth-order valence-corrected chi connectivity index (χ4v) is 2.67. The molecule has 8 heteroatoms. The second-order valence-electron chi connectivity index (χ2n) is 7.36. The molecule has 7 nitrogen and oxygen atoms in total. The molecule has 0 aliphatic carbocycles. The summed E-state index contributed by atoms with van der Waals surface area (Å²) in [5.41, 5.74) is -0.0706. The van der Waals surface area contributed by atoms with Gasteiger partial charge in [-0.1, -0.05) is 12.1 Å². The van der Waals surface area contributed by atoms with Gasteiger partial charge in [-0.3, -0.25) is 14.9 Å². The first-order chi connectivity index (χ1) is 12.6. The van der Waals surface area contributed by atoms with E-state index in [1.54, 1.807) is 24.3 Å². The molecule has 0 atom stereocenters. The summed E-state index contributed by atoms with van der Waals surface area (Å²) in [7, 11) is -0.597. The first kappa shape index (κ1) is 19.1. The van der Waals surface area contributed by atoms with E-state index in [0.717, 1.165) is 0 Å². The summed E-state index contributed by atoms with van der Waals surface area (Å²) in [6.45, 7) is 7.81. The number of hydrogen-bond acceptors (Lipinski definition) is 6. The van der Waals surface area contributed by atoms with Gasteiger partial charge in [0.2, 0.25) is 0 Å². The average molecular weight is 369 g/mol. The number of ether oxygens (including phenoxy) is 1. The molecule has 27 heavy (non-hydrogen) atoms. The molecule has 0 bridgehead atoms. The molecule has 1 aliphatic rings. The van der Waals surface area contributed by atoms with Crippen molar-refractivity contribution < 1.29 is 23.8 Å². The molecule has 0 radical (unpaired) electrons. The monoisotopic (exact) mass is 369 g/mol. The predicted octanol–water partition coefficient (Wildman–Crippen LogP) is 3.50. The van der Waals surface area contributed by atoms with Gasteiger partial charge in [0.1, 0.15) is 11.5 Å².